The quantitative estimate of drug-likeness (QED) is 0.617. The number of carbonyl (C=O) groups is 2. The SMILES string of the molecule is CC(C)(CC(=O)NCc1cccc(O)c1O)NC(=O)OC(C)(C)C. The Morgan fingerprint density at radius 2 is 1.75 bits per heavy atom. The van der Waals surface area contributed by atoms with Gasteiger partial charge in [-0.2, -0.15) is 0 Å². The molecule has 0 aliphatic heterocycles. The second-order valence-corrected chi connectivity index (χ2v) is 7.25. The summed E-state index contributed by atoms with van der Waals surface area (Å²) in [7, 11) is 0. The molecule has 0 radical (unpaired) electrons. The molecule has 0 bridgehead atoms. The summed E-state index contributed by atoms with van der Waals surface area (Å²) in [5, 5.41) is 24.4. The van der Waals surface area contributed by atoms with Crippen LogP contribution in [-0.4, -0.2) is 33.4 Å². The highest BCUT2D eigenvalue weighted by atomic mass is 16.6. The van der Waals surface area contributed by atoms with Crippen LogP contribution in [0.15, 0.2) is 18.2 Å². The molecule has 24 heavy (non-hydrogen) atoms. The lowest BCUT2D eigenvalue weighted by Gasteiger charge is -2.28. The van der Waals surface area contributed by atoms with Crippen LogP contribution in [0.25, 0.3) is 0 Å². The number of phenolic OH excluding ortho intramolecular Hbond substituents is 2. The Morgan fingerprint density at radius 1 is 1.12 bits per heavy atom. The smallest absolute Gasteiger partial charge is 0.408 e. The second-order valence-electron chi connectivity index (χ2n) is 7.25. The van der Waals surface area contributed by atoms with Gasteiger partial charge in [0.15, 0.2) is 11.5 Å². The van der Waals surface area contributed by atoms with Crippen molar-refractivity contribution in [2.45, 2.75) is 58.7 Å². The molecule has 4 N–H and O–H groups in total. The number of amides is 2. The number of hydrogen-bond donors (Lipinski definition) is 4. The lowest BCUT2D eigenvalue weighted by molar-refractivity contribution is -0.122. The summed E-state index contributed by atoms with van der Waals surface area (Å²) >= 11 is 0. The van der Waals surface area contributed by atoms with E-state index >= 15 is 0 Å². The number of aromatic hydroxyl groups is 2. The second kappa shape index (κ2) is 7.42. The Labute approximate surface area is 142 Å². The molecule has 0 saturated heterocycles. The molecule has 0 aliphatic rings. The molecule has 0 unspecified atom stereocenters. The normalized spacial score (nSPS) is 11.7. The van der Waals surface area contributed by atoms with Crippen LogP contribution in [0.1, 0.15) is 46.6 Å². The molecule has 0 saturated carbocycles. The fourth-order valence-electron chi connectivity index (χ4n) is 2.00. The van der Waals surface area contributed by atoms with Gasteiger partial charge in [0.2, 0.25) is 5.91 Å². The summed E-state index contributed by atoms with van der Waals surface area (Å²) in [6, 6.07) is 4.53. The number of alkyl carbamates (subject to hydrolysis) is 1. The van der Waals surface area contributed by atoms with E-state index < -0.39 is 17.2 Å². The van der Waals surface area contributed by atoms with Crippen molar-refractivity contribution >= 4 is 12.0 Å². The number of para-hydroxylation sites is 1. The number of rotatable bonds is 5. The topological polar surface area (TPSA) is 108 Å². The maximum Gasteiger partial charge on any atom is 0.408 e. The van der Waals surface area contributed by atoms with Gasteiger partial charge in [0, 0.05) is 24.1 Å². The van der Waals surface area contributed by atoms with E-state index in [1.807, 2.05) is 0 Å². The Balaban J connectivity index is 2.54. The molecule has 1 rings (SSSR count). The van der Waals surface area contributed by atoms with Crippen LogP contribution in [-0.2, 0) is 16.1 Å². The third-order valence-electron chi connectivity index (χ3n) is 3.02. The lowest BCUT2D eigenvalue weighted by atomic mass is 10.0. The Kier molecular flexibility index (Phi) is 6.06. The maximum atomic E-state index is 12.0. The van der Waals surface area contributed by atoms with Crippen LogP contribution in [0.4, 0.5) is 4.79 Å². The van der Waals surface area contributed by atoms with Gasteiger partial charge in [-0.3, -0.25) is 4.79 Å². The van der Waals surface area contributed by atoms with Crippen LogP contribution >= 0.6 is 0 Å². The minimum Gasteiger partial charge on any atom is -0.504 e. The van der Waals surface area contributed by atoms with Crippen molar-refractivity contribution in [1.82, 2.24) is 10.6 Å². The molecular weight excluding hydrogens is 312 g/mol. The highest BCUT2D eigenvalue weighted by Crippen LogP contribution is 2.27. The number of benzene rings is 1. The summed E-state index contributed by atoms with van der Waals surface area (Å²) in [6.07, 6.45) is -0.558. The van der Waals surface area contributed by atoms with Crippen molar-refractivity contribution in [3.05, 3.63) is 23.8 Å². The lowest BCUT2D eigenvalue weighted by Crippen LogP contribution is -2.48. The van der Waals surface area contributed by atoms with Crippen LogP contribution in [0, 0.1) is 0 Å². The predicted molar refractivity (Wildman–Crippen MR) is 89.7 cm³/mol. The summed E-state index contributed by atoms with van der Waals surface area (Å²) < 4.78 is 5.17. The average Bonchev–Trinajstić information content (AvgIpc) is 2.36. The van der Waals surface area contributed by atoms with E-state index in [1.165, 1.54) is 6.07 Å². The van der Waals surface area contributed by atoms with Gasteiger partial charge in [-0.05, 0) is 40.7 Å². The van der Waals surface area contributed by atoms with Gasteiger partial charge >= 0.3 is 6.09 Å². The third kappa shape index (κ3) is 6.76. The zero-order chi connectivity index (χ0) is 18.5. The Morgan fingerprint density at radius 3 is 2.33 bits per heavy atom. The van der Waals surface area contributed by atoms with E-state index in [9.17, 15) is 19.8 Å². The number of ether oxygens (including phenoxy) is 1. The van der Waals surface area contributed by atoms with E-state index in [-0.39, 0.29) is 30.4 Å². The molecule has 2 amide bonds. The molecule has 7 heteroatoms. The first-order valence-corrected chi connectivity index (χ1v) is 7.67. The van der Waals surface area contributed by atoms with Gasteiger partial charge in [-0.1, -0.05) is 12.1 Å². The maximum absolute atomic E-state index is 12.0. The Bertz CT molecular complexity index is 605. The highest BCUT2D eigenvalue weighted by Gasteiger charge is 2.27. The van der Waals surface area contributed by atoms with E-state index in [2.05, 4.69) is 10.6 Å². The highest BCUT2D eigenvalue weighted by molar-refractivity contribution is 5.78. The molecule has 7 nitrogen and oxygen atoms in total. The van der Waals surface area contributed by atoms with Gasteiger partial charge in [0.25, 0.3) is 0 Å². The van der Waals surface area contributed by atoms with E-state index in [1.54, 1.807) is 46.8 Å². The minimum atomic E-state index is -0.798. The molecule has 0 aromatic heterocycles. The van der Waals surface area contributed by atoms with Crippen molar-refractivity contribution in [1.29, 1.82) is 0 Å². The van der Waals surface area contributed by atoms with Crippen molar-refractivity contribution in [2.75, 3.05) is 0 Å². The number of hydrogen-bond acceptors (Lipinski definition) is 5. The van der Waals surface area contributed by atoms with Crippen molar-refractivity contribution < 1.29 is 24.5 Å². The summed E-state index contributed by atoms with van der Waals surface area (Å²) in [5.74, 6) is -0.809. The van der Waals surface area contributed by atoms with Crippen molar-refractivity contribution in [3.8, 4) is 11.5 Å². The Hall–Kier alpha value is -2.44. The molecule has 0 heterocycles. The number of nitrogens with one attached hydrogen (secondary N) is 2. The largest absolute Gasteiger partial charge is 0.504 e. The van der Waals surface area contributed by atoms with E-state index in [0.29, 0.717) is 5.56 Å². The van der Waals surface area contributed by atoms with Crippen molar-refractivity contribution in [2.24, 2.45) is 0 Å². The van der Waals surface area contributed by atoms with Gasteiger partial charge in [0.1, 0.15) is 5.60 Å². The monoisotopic (exact) mass is 338 g/mol. The predicted octanol–water partition coefficient (Wildman–Crippen LogP) is 2.41. The molecular formula is C17H26N2O5. The van der Waals surface area contributed by atoms with E-state index in [0.717, 1.165) is 0 Å². The first kappa shape index (κ1) is 19.6. The van der Waals surface area contributed by atoms with Crippen molar-refractivity contribution in [3.63, 3.8) is 0 Å². The fourth-order valence-corrected chi connectivity index (χ4v) is 2.00. The molecule has 0 atom stereocenters. The third-order valence-corrected chi connectivity index (χ3v) is 3.02. The molecule has 1 aromatic rings. The van der Waals surface area contributed by atoms with Crippen LogP contribution < -0.4 is 10.6 Å². The summed E-state index contributed by atoms with van der Waals surface area (Å²) in [4.78, 5) is 23.8. The number of phenols is 2. The van der Waals surface area contributed by atoms with Gasteiger partial charge in [-0.25, -0.2) is 4.79 Å². The fraction of sp³-hybridized carbons (Fsp3) is 0.529. The zero-order valence-corrected chi connectivity index (χ0v) is 14.8. The van der Waals surface area contributed by atoms with Crippen LogP contribution in [0.2, 0.25) is 0 Å². The first-order valence-electron chi connectivity index (χ1n) is 7.67. The molecule has 0 fully saturated rings. The summed E-state index contributed by atoms with van der Waals surface area (Å²) in [6.45, 7) is 8.77. The van der Waals surface area contributed by atoms with Crippen LogP contribution in [0.5, 0.6) is 11.5 Å². The molecule has 134 valence electrons. The molecule has 1 aromatic carbocycles. The molecule has 0 spiro atoms. The minimum absolute atomic E-state index is 0.0336. The first-order chi connectivity index (χ1) is 10.9. The average molecular weight is 338 g/mol. The van der Waals surface area contributed by atoms with E-state index in [4.69, 9.17) is 4.74 Å². The number of carbonyl (C=O) groups excluding carboxylic acids is 2. The van der Waals surface area contributed by atoms with Gasteiger partial charge < -0.3 is 25.6 Å². The van der Waals surface area contributed by atoms with Crippen LogP contribution in [0.3, 0.4) is 0 Å². The van der Waals surface area contributed by atoms with Gasteiger partial charge in [0.05, 0.1) is 0 Å². The summed E-state index contributed by atoms with van der Waals surface area (Å²) in [5.41, 5.74) is -1.01. The standard InChI is InChI=1S/C17H26N2O5/c1-16(2,3)24-15(23)19-17(4,5)9-13(21)18-10-11-7-6-8-12(20)14(11)22/h6-8,20,22H,9-10H2,1-5H3,(H,18,21)(H,19,23). The zero-order valence-electron chi connectivity index (χ0n) is 14.8. The molecule has 0 aliphatic carbocycles. The van der Waals surface area contributed by atoms with Gasteiger partial charge in [-0.15, -0.1) is 0 Å².